The Kier molecular flexibility index (Phi) is 4.15. The number of hydrogen-bond donors (Lipinski definition) is 1. The van der Waals surface area contributed by atoms with Crippen LogP contribution in [-0.2, 0) is 15.1 Å². The van der Waals surface area contributed by atoms with Crippen molar-refractivity contribution in [2.75, 3.05) is 11.9 Å². The minimum Gasteiger partial charge on any atom is -0.359 e. The molecule has 1 amide bonds. The number of carbonyl (C=O) groups excluding carboxylic acids is 1. The Hall–Kier alpha value is -2.24. The molecule has 1 atom stereocenters. The fourth-order valence-electron chi connectivity index (χ4n) is 2.64. The molecule has 1 fully saturated rings. The van der Waals surface area contributed by atoms with E-state index in [1.54, 1.807) is 18.2 Å². The van der Waals surface area contributed by atoms with Crippen molar-refractivity contribution in [3.05, 3.63) is 70.8 Å². The Balaban J connectivity index is 1.95. The predicted octanol–water partition coefficient (Wildman–Crippen LogP) is 4.52. The van der Waals surface area contributed by atoms with Gasteiger partial charge < -0.3 is 10.1 Å². The van der Waals surface area contributed by atoms with Crippen LogP contribution < -0.4 is 5.32 Å². The van der Waals surface area contributed by atoms with E-state index in [4.69, 9.17) is 16.3 Å². The highest BCUT2D eigenvalue weighted by Crippen LogP contribution is 2.51. The second kappa shape index (κ2) is 6.00. The van der Waals surface area contributed by atoms with E-state index in [1.807, 2.05) is 0 Å². The normalized spacial score (nSPS) is 19.0. The first-order valence-electron chi connectivity index (χ1n) is 7.20. The molecule has 0 aliphatic carbocycles. The molecule has 1 heterocycles. The number of hydrogen-bond acceptors (Lipinski definition) is 2. The smallest absolute Gasteiger partial charge is 0.221 e. The molecule has 2 aromatic rings. The van der Waals surface area contributed by atoms with Crippen molar-refractivity contribution < 1.29 is 18.3 Å². The minimum atomic E-state index is -1.04. The highest BCUT2D eigenvalue weighted by atomic mass is 35.5. The van der Waals surface area contributed by atoms with Crippen LogP contribution in [0, 0.1) is 11.6 Å². The third-order valence-corrected chi connectivity index (χ3v) is 4.21. The summed E-state index contributed by atoms with van der Waals surface area (Å²) < 4.78 is 32.7. The Morgan fingerprint density at radius 2 is 2.00 bits per heavy atom. The van der Waals surface area contributed by atoms with E-state index in [1.165, 1.54) is 19.1 Å². The van der Waals surface area contributed by atoms with E-state index in [9.17, 15) is 13.6 Å². The molecule has 0 radical (unpaired) electrons. The van der Waals surface area contributed by atoms with Crippen LogP contribution in [0.25, 0.3) is 5.57 Å². The molecule has 3 nitrogen and oxygen atoms in total. The fraction of sp³-hybridized carbons (Fsp3) is 0.167. The first kappa shape index (κ1) is 16.6. The highest BCUT2D eigenvalue weighted by Gasteiger charge is 2.51. The van der Waals surface area contributed by atoms with E-state index >= 15 is 0 Å². The monoisotopic (exact) mass is 349 g/mol. The summed E-state index contributed by atoms with van der Waals surface area (Å²) in [4.78, 5) is 11.1. The summed E-state index contributed by atoms with van der Waals surface area (Å²) in [6, 6.07) is 8.28. The Labute approximate surface area is 142 Å². The topological polar surface area (TPSA) is 41.6 Å². The van der Waals surface area contributed by atoms with Gasteiger partial charge in [-0.15, -0.1) is 0 Å². The lowest BCUT2D eigenvalue weighted by Crippen LogP contribution is -2.14. The zero-order valence-electron chi connectivity index (χ0n) is 12.8. The quantitative estimate of drug-likeness (QED) is 0.825. The molecule has 1 N–H and O–H groups in total. The predicted molar refractivity (Wildman–Crippen MR) is 88.8 cm³/mol. The molecule has 1 aliphatic rings. The number of ether oxygens (including phenoxy) is 1. The molecule has 6 heteroatoms. The summed E-state index contributed by atoms with van der Waals surface area (Å²) in [6.45, 7) is 5.62. The first-order valence-corrected chi connectivity index (χ1v) is 7.58. The molecule has 0 aromatic heterocycles. The van der Waals surface area contributed by atoms with E-state index in [0.717, 1.165) is 6.07 Å². The van der Waals surface area contributed by atoms with Gasteiger partial charge in [-0.2, -0.15) is 0 Å². The van der Waals surface area contributed by atoms with Crippen LogP contribution in [-0.4, -0.2) is 12.5 Å². The van der Waals surface area contributed by atoms with Crippen LogP contribution in [0.2, 0.25) is 5.02 Å². The van der Waals surface area contributed by atoms with Gasteiger partial charge in [-0.05, 0) is 35.4 Å². The van der Waals surface area contributed by atoms with Gasteiger partial charge in [0.05, 0.1) is 11.6 Å². The van der Waals surface area contributed by atoms with Crippen LogP contribution in [0.4, 0.5) is 14.5 Å². The second-order valence-corrected chi connectivity index (χ2v) is 6.00. The van der Waals surface area contributed by atoms with Gasteiger partial charge in [0.25, 0.3) is 0 Å². The zero-order chi connectivity index (χ0) is 17.5. The second-order valence-electron chi connectivity index (χ2n) is 5.59. The van der Waals surface area contributed by atoms with E-state index in [0.29, 0.717) is 21.8 Å². The average molecular weight is 350 g/mol. The molecule has 124 valence electrons. The van der Waals surface area contributed by atoms with Crippen molar-refractivity contribution in [3.63, 3.8) is 0 Å². The molecular formula is C18H14ClF2NO2. The van der Waals surface area contributed by atoms with Crippen LogP contribution in [0.3, 0.4) is 0 Å². The van der Waals surface area contributed by atoms with Crippen LogP contribution in [0.5, 0.6) is 0 Å². The van der Waals surface area contributed by atoms with Gasteiger partial charge in [-0.3, -0.25) is 4.79 Å². The molecule has 1 unspecified atom stereocenters. The van der Waals surface area contributed by atoms with E-state index in [2.05, 4.69) is 11.9 Å². The first-order chi connectivity index (χ1) is 11.3. The maximum absolute atomic E-state index is 14.1. The number of amides is 1. The third kappa shape index (κ3) is 2.92. The summed E-state index contributed by atoms with van der Waals surface area (Å²) in [7, 11) is 0. The average Bonchev–Trinajstić information content (AvgIpc) is 3.27. The van der Waals surface area contributed by atoms with Crippen molar-refractivity contribution in [2.45, 2.75) is 12.5 Å². The van der Waals surface area contributed by atoms with Crippen molar-refractivity contribution in [1.82, 2.24) is 0 Å². The molecule has 2 aromatic carbocycles. The number of carbonyl (C=O) groups is 1. The molecule has 0 saturated carbocycles. The number of anilines is 1. The lowest BCUT2D eigenvalue weighted by atomic mass is 9.87. The maximum atomic E-state index is 14.1. The van der Waals surface area contributed by atoms with Gasteiger partial charge in [0.15, 0.2) is 0 Å². The SMILES string of the molecule is C=C(c1ccc(NC(C)=O)cc1Cl)C1(c2ccc(F)cc2F)CO1. The van der Waals surface area contributed by atoms with Crippen LogP contribution >= 0.6 is 11.6 Å². The molecule has 1 saturated heterocycles. The molecule has 1 aliphatic heterocycles. The number of rotatable bonds is 4. The van der Waals surface area contributed by atoms with Gasteiger partial charge in [-0.1, -0.05) is 24.2 Å². The number of epoxide rings is 1. The Morgan fingerprint density at radius 3 is 2.54 bits per heavy atom. The van der Waals surface area contributed by atoms with E-state index in [-0.39, 0.29) is 18.1 Å². The molecule has 3 rings (SSSR count). The largest absolute Gasteiger partial charge is 0.359 e. The fourth-order valence-corrected chi connectivity index (χ4v) is 2.93. The van der Waals surface area contributed by atoms with E-state index < -0.39 is 17.2 Å². The van der Waals surface area contributed by atoms with Gasteiger partial charge in [0.1, 0.15) is 17.2 Å². The van der Waals surface area contributed by atoms with Crippen molar-refractivity contribution >= 4 is 28.8 Å². The van der Waals surface area contributed by atoms with Crippen molar-refractivity contribution in [1.29, 1.82) is 0 Å². The van der Waals surface area contributed by atoms with Crippen LogP contribution in [0.15, 0.2) is 43.0 Å². The Morgan fingerprint density at radius 1 is 1.29 bits per heavy atom. The standard InChI is InChI=1S/C18H14ClF2NO2/c1-10(14-5-4-13(8-16(14)19)22-11(2)23)18(9-24-18)15-6-3-12(20)7-17(15)21/h3-8H,1,9H2,2H3,(H,22,23). The summed E-state index contributed by atoms with van der Waals surface area (Å²) in [6.07, 6.45) is 0. The minimum absolute atomic E-state index is 0.215. The van der Waals surface area contributed by atoms with Crippen molar-refractivity contribution in [2.24, 2.45) is 0 Å². The molecule has 0 spiro atoms. The summed E-state index contributed by atoms with van der Waals surface area (Å²) in [5, 5.41) is 2.98. The molecular weight excluding hydrogens is 336 g/mol. The van der Waals surface area contributed by atoms with Crippen molar-refractivity contribution in [3.8, 4) is 0 Å². The summed E-state index contributed by atoms with van der Waals surface area (Å²) >= 11 is 6.27. The molecule has 0 bridgehead atoms. The van der Waals surface area contributed by atoms with Gasteiger partial charge >= 0.3 is 0 Å². The molecule has 24 heavy (non-hydrogen) atoms. The highest BCUT2D eigenvalue weighted by molar-refractivity contribution is 6.32. The summed E-state index contributed by atoms with van der Waals surface area (Å²) in [5.74, 6) is -1.57. The zero-order valence-corrected chi connectivity index (χ0v) is 13.6. The third-order valence-electron chi connectivity index (χ3n) is 3.90. The maximum Gasteiger partial charge on any atom is 0.221 e. The number of halogens is 3. The lowest BCUT2D eigenvalue weighted by molar-refractivity contribution is -0.114. The number of nitrogens with one attached hydrogen (secondary N) is 1. The number of benzene rings is 2. The van der Waals surface area contributed by atoms with Gasteiger partial charge in [0, 0.05) is 24.2 Å². The van der Waals surface area contributed by atoms with Gasteiger partial charge in [0.2, 0.25) is 5.91 Å². The van der Waals surface area contributed by atoms with Gasteiger partial charge in [-0.25, -0.2) is 8.78 Å². The van der Waals surface area contributed by atoms with Crippen LogP contribution in [0.1, 0.15) is 18.1 Å². The Bertz CT molecular complexity index is 847. The lowest BCUT2D eigenvalue weighted by Gasteiger charge is -2.18. The summed E-state index contributed by atoms with van der Waals surface area (Å²) in [5.41, 5.74) is 0.773.